The molecule has 4 nitrogen and oxygen atoms in total. The van der Waals surface area contributed by atoms with E-state index < -0.39 is 0 Å². The highest BCUT2D eigenvalue weighted by Crippen LogP contribution is 2.50. The molecule has 2 aliphatic rings. The molecule has 6 heteroatoms. The molecule has 1 heterocycles. The quantitative estimate of drug-likeness (QED) is 0.789. The number of aliphatic hydroxyl groups is 1. The van der Waals surface area contributed by atoms with Crippen molar-refractivity contribution in [1.29, 1.82) is 0 Å². The van der Waals surface area contributed by atoms with Gasteiger partial charge in [0.1, 0.15) is 0 Å². The van der Waals surface area contributed by atoms with Crippen LogP contribution in [0.15, 0.2) is 18.2 Å². The second-order valence-corrected chi connectivity index (χ2v) is 6.69. The van der Waals surface area contributed by atoms with E-state index in [-0.39, 0.29) is 29.8 Å². The Bertz CT molecular complexity index is 552. The van der Waals surface area contributed by atoms with Crippen LogP contribution in [0.2, 0.25) is 10.0 Å². The van der Waals surface area contributed by atoms with E-state index in [2.05, 4.69) is 10.6 Å². The van der Waals surface area contributed by atoms with Gasteiger partial charge >= 0.3 is 0 Å². The van der Waals surface area contributed by atoms with E-state index in [4.69, 9.17) is 23.2 Å². The molecule has 1 aliphatic heterocycles. The molecule has 4 atom stereocenters. The van der Waals surface area contributed by atoms with Crippen LogP contribution in [-0.4, -0.2) is 36.8 Å². The minimum Gasteiger partial charge on any atom is -0.391 e. The summed E-state index contributed by atoms with van der Waals surface area (Å²) in [5.74, 6) is 0.312. The highest BCUT2D eigenvalue weighted by molar-refractivity contribution is 6.35. The molecule has 114 valence electrons. The number of amides is 1. The minimum atomic E-state index is -0.369. The van der Waals surface area contributed by atoms with Gasteiger partial charge in [0.05, 0.1) is 6.10 Å². The summed E-state index contributed by atoms with van der Waals surface area (Å²) in [6.07, 6.45) is 0.449. The number of benzene rings is 1. The maximum Gasteiger partial charge on any atom is 0.223 e. The normalized spacial score (nSPS) is 31.2. The van der Waals surface area contributed by atoms with Crippen LogP contribution in [0.3, 0.4) is 0 Å². The summed E-state index contributed by atoms with van der Waals surface area (Å²) in [6, 6.07) is 5.41. The van der Waals surface area contributed by atoms with Crippen molar-refractivity contribution in [1.82, 2.24) is 10.6 Å². The predicted molar refractivity (Wildman–Crippen MR) is 82.7 cm³/mol. The number of hydrogen-bond acceptors (Lipinski definition) is 3. The van der Waals surface area contributed by atoms with Gasteiger partial charge in [0.15, 0.2) is 0 Å². The molecule has 3 rings (SSSR count). The van der Waals surface area contributed by atoms with Crippen molar-refractivity contribution in [2.24, 2.45) is 11.8 Å². The smallest absolute Gasteiger partial charge is 0.223 e. The monoisotopic (exact) mass is 328 g/mol. The summed E-state index contributed by atoms with van der Waals surface area (Å²) in [7, 11) is 0. The van der Waals surface area contributed by atoms with Crippen LogP contribution < -0.4 is 10.6 Å². The Morgan fingerprint density at radius 1 is 1.38 bits per heavy atom. The Kier molecular flexibility index (Phi) is 4.41. The standard InChI is InChI=1S/C15H18Cl2N2O2/c16-9-1-2-10(13(17)3-9)11-4-12(11)15(21)19-6-8-5-18-7-14(8)20/h1-3,8,11-12,14,18,20H,4-7H2,(H,19,21). The number of rotatable bonds is 4. The van der Waals surface area contributed by atoms with Crippen molar-refractivity contribution in [3.05, 3.63) is 33.8 Å². The second kappa shape index (κ2) is 6.13. The van der Waals surface area contributed by atoms with Gasteiger partial charge in [-0.25, -0.2) is 0 Å². The lowest BCUT2D eigenvalue weighted by molar-refractivity contribution is -0.122. The van der Waals surface area contributed by atoms with Crippen molar-refractivity contribution in [2.45, 2.75) is 18.4 Å². The molecule has 4 unspecified atom stereocenters. The molecule has 0 bridgehead atoms. The first-order valence-corrected chi connectivity index (χ1v) is 7.93. The summed E-state index contributed by atoms with van der Waals surface area (Å²) >= 11 is 12.1. The Hall–Kier alpha value is -0.810. The predicted octanol–water partition coefficient (Wildman–Crippen LogP) is 1.79. The Balaban J connectivity index is 1.53. The summed E-state index contributed by atoms with van der Waals surface area (Å²) in [6.45, 7) is 1.87. The van der Waals surface area contributed by atoms with Crippen LogP contribution in [0.1, 0.15) is 17.9 Å². The lowest BCUT2D eigenvalue weighted by atomic mass is 10.1. The van der Waals surface area contributed by atoms with E-state index in [9.17, 15) is 9.90 Å². The number of carbonyl (C=O) groups is 1. The topological polar surface area (TPSA) is 61.4 Å². The summed E-state index contributed by atoms with van der Waals surface area (Å²) in [4.78, 5) is 12.1. The third-order valence-corrected chi connectivity index (χ3v) is 4.89. The fraction of sp³-hybridized carbons (Fsp3) is 0.533. The number of hydrogen-bond donors (Lipinski definition) is 3. The Morgan fingerprint density at radius 2 is 2.19 bits per heavy atom. The van der Waals surface area contributed by atoms with Crippen molar-refractivity contribution in [3.8, 4) is 0 Å². The zero-order chi connectivity index (χ0) is 15.0. The van der Waals surface area contributed by atoms with Gasteiger partial charge < -0.3 is 15.7 Å². The van der Waals surface area contributed by atoms with Gasteiger partial charge in [0.2, 0.25) is 5.91 Å². The highest BCUT2D eigenvalue weighted by Gasteiger charge is 2.45. The zero-order valence-corrected chi connectivity index (χ0v) is 13.0. The van der Waals surface area contributed by atoms with Gasteiger partial charge in [-0.3, -0.25) is 4.79 Å². The first-order chi connectivity index (χ1) is 10.1. The molecule has 1 amide bonds. The van der Waals surface area contributed by atoms with Gasteiger partial charge in [-0.15, -0.1) is 0 Å². The Labute approximate surface area is 133 Å². The molecule has 3 N–H and O–H groups in total. The Morgan fingerprint density at radius 3 is 2.86 bits per heavy atom. The minimum absolute atomic E-state index is 0.0184. The lowest BCUT2D eigenvalue weighted by Gasteiger charge is -2.14. The number of β-amino-alcohol motifs (C(OH)–C–C–N with tert-alkyl or cyclic N) is 1. The maximum atomic E-state index is 12.1. The molecule has 21 heavy (non-hydrogen) atoms. The van der Waals surface area contributed by atoms with Crippen molar-refractivity contribution in [2.75, 3.05) is 19.6 Å². The van der Waals surface area contributed by atoms with Crippen LogP contribution >= 0.6 is 23.2 Å². The van der Waals surface area contributed by atoms with Crippen LogP contribution in [0.25, 0.3) is 0 Å². The van der Waals surface area contributed by atoms with E-state index >= 15 is 0 Å². The lowest BCUT2D eigenvalue weighted by Crippen LogP contribution is -2.35. The average molecular weight is 329 g/mol. The van der Waals surface area contributed by atoms with Gasteiger partial charge in [0.25, 0.3) is 0 Å². The third-order valence-electron chi connectivity index (χ3n) is 4.33. The zero-order valence-electron chi connectivity index (χ0n) is 11.5. The molecule has 1 saturated heterocycles. The first kappa shape index (κ1) is 15.1. The summed E-state index contributed by atoms with van der Waals surface area (Å²) in [5.41, 5.74) is 0.990. The molecule has 1 aromatic carbocycles. The molecule has 1 aliphatic carbocycles. The van der Waals surface area contributed by atoms with Gasteiger partial charge in [-0.2, -0.15) is 0 Å². The molecule has 0 spiro atoms. The molecular formula is C15H18Cl2N2O2. The van der Waals surface area contributed by atoms with Gasteiger partial charge in [0, 0.05) is 41.5 Å². The average Bonchev–Trinajstić information content (AvgIpc) is 3.12. The molecule has 2 fully saturated rings. The molecule has 0 radical (unpaired) electrons. The second-order valence-electron chi connectivity index (χ2n) is 5.85. The largest absolute Gasteiger partial charge is 0.391 e. The van der Waals surface area contributed by atoms with Crippen LogP contribution in [0, 0.1) is 11.8 Å². The van der Waals surface area contributed by atoms with E-state index in [1.54, 1.807) is 12.1 Å². The van der Waals surface area contributed by atoms with Crippen LogP contribution in [0.5, 0.6) is 0 Å². The molecule has 0 aromatic heterocycles. The van der Waals surface area contributed by atoms with Crippen molar-refractivity contribution in [3.63, 3.8) is 0 Å². The fourth-order valence-electron chi connectivity index (χ4n) is 2.92. The summed E-state index contributed by atoms with van der Waals surface area (Å²) in [5, 5.41) is 17.0. The van der Waals surface area contributed by atoms with Gasteiger partial charge in [-0.05, 0) is 30.0 Å². The molecule has 1 saturated carbocycles. The highest BCUT2D eigenvalue weighted by atomic mass is 35.5. The molecule has 1 aromatic rings. The fourth-order valence-corrected chi connectivity index (χ4v) is 3.47. The van der Waals surface area contributed by atoms with Gasteiger partial charge in [-0.1, -0.05) is 29.3 Å². The number of carbonyl (C=O) groups excluding carboxylic acids is 1. The molecular weight excluding hydrogens is 311 g/mol. The van der Waals surface area contributed by atoms with E-state index in [0.29, 0.717) is 23.1 Å². The first-order valence-electron chi connectivity index (χ1n) is 7.17. The van der Waals surface area contributed by atoms with Crippen molar-refractivity contribution < 1.29 is 9.90 Å². The third kappa shape index (κ3) is 3.34. The van der Waals surface area contributed by atoms with E-state index in [0.717, 1.165) is 18.5 Å². The SMILES string of the molecule is O=C(NCC1CNCC1O)C1CC1c1ccc(Cl)cc1Cl. The maximum absolute atomic E-state index is 12.1. The summed E-state index contributed by atoms with van der Waals surface area (Å²) < 4.78 is 0. The van der Waals surface area contributed by atoms with Crippen LogP contribution in [0.4, 0.5) is 0 Å². The number of halogens is 2. The van der Waals surface area contributed by atoms with Crippen LogP contribution in [-0.2, 0) is 4.79 Å². The number of aliphatic hydroxyl groups excluding tert-OH is 1. The van der Waals surface area contributed by atoms with E-state index in [1.807, 2.05) is 6.07 Å². The van der Waals surface area contributed by atoms with Crippen molar-refractivity contribution >= 4 is 29.1 Å². The number of nitrogens with one attached hydrogen (secondary N) is 2. The van der Waals surface area contributed by atoms with E-state index in [1.165, 1.54) is 0 Å².